The number of rotatable bonds is 3. The molecule has 16 heavy (non-hydrogen) atoms. The van der Waals surface area contributed by atoms with E-state index in [0.29, 0.717) is 5.56 Å². The monoisotopic (exact) mass is 358 g/mol. The Kier molecular flexibility index (Phi) is 4.02. The third-order valence-electron chi connectivity index (χ3n) is 2.02. The standard InChI is InChI=1S/C9H11IO5S/c1-5(10)7-3-6(15-2)4-8(9(7)11)16(12,13)14/h3-5,11H,1-2H3,(H,12,13,14). The summed E-state index contributed by atoms with van der Waals surface area (Å²) < 4.78 is 35.8. The largest absolute Gasteiger partial charge is 0.506 e. The molecule has 1 atom stereocenters. The molecule has 0 heterocycles. The molecule has 1 aromatic rings. The highest BCUT2D eigenvalue weighted by Gasteiger charge is 2.21. The molecule has 0 saturated carbocycles. The van der Waals surface area contributed by atoms with Crippen LogP contribution in [0.3, 0.4) is 0 Å². The summed E-state index contributed by atoms with van der Waals surface area (Å²) in [6.45, 7) is 1.78. The summed E-state index contributed by atoms with van der Waals surface area (Å²) in [6.07, 6.45) is 0. The molecular formula is C9H11IO5S. The quantitative estimate of drug-likeness (QED) is 0.491. The number of hydrogen-bond donors (Lipinski definition) is 2. The first-order valence-corrected chi connectivity index (χ1v) is 6.98. The molecule has 0 aromatic heterocycles. The minimum Gasteiger partial charge on any atom is -0.506 e. The molecule has 0 amide bonds. The lowest BCUT2D eigenvalue weighted by Gasteiger charge is -2.12. The SMILES string of the molecule is COc1cc(C(C)I)c(O)c(S(=O)(=O)O)c1. The molecule has 0 radical (unpaired) electrons. The number of phenolic OH excluding ortho intramolecular Hbond substituents is 1. The summed E-state index contributed by atoms with van der Waals surface area (Å²) in [4.78, 5) is -0.537. The van der Waals surface area contributed by atoms with E-state index in [2.05, 4.69) is 0 Å². The van der Waals surface area contributed by atoms with Gasteiger partial charge in [0.2, 0.25) is 0 Å². The van der Waals surface area contributed by atoms with Gasteiger partial charge in [0.15, 0.2) is 0 Å². The number of halogens is 1. The molecule has 1 unspecified atom stereocenters. The molecule has 7 heteroatoms. The second kappa shape index (κ2) is 4.76. The molecule has 2 N–H and O–H groups in total. The normalized spacial score (nSPS) is 13.5. The average Bonchev–Trinajstić information content (AvgIpc) is 2.15. The van der Waals surface area contributed by atoms with Crippen LogP contribution >= 0.6 is 22.6 Å². The molecule has 90 valence electrons. The van der Waals surface area contributed by atoms with Crippen LogP contribution < -0.4 is 4.74 Å². The summed E-state index contributed by atoms with van der Waals surface area (Å²) in [5.41, 5.74) is 0.396. The second-order valence-electron chi connectivity index (χ2n) is 3.15. The highest BCUT2D eigenvalue weighted by atomic mass is 127. The van der Waals surface area contributed by atoms with Crippen LogP contribution in [0.15, 0.2) is 17.0 Å². The fraction of sp³-hybridized carbons (Fsp3) is 0.333. The predicted octanol–water partition coefficient (Wildman–Crippen LogP) is 2.14. The van der Waals surface area contributed by atoms with Crippen LogP contribution in [0.5, 0.6) is 11.5 Å². The van der Waals surface area contributed by atoms with Gasteiger partial charge in [-0.2, -0.15) is 8.42 Å². The van der Waals surface area contributed by atoms with Gasteiger partial charge in [-0.15, -0.1) is 0 Å². The number of phenols is 1. The number of benzene rings is 1. The van der Waals surface area contributed by atoms with E-state index in [0.717, 1.165) is 6.07 Å². The summed E-state index contributed by atoms with van der Waals surface area (Å²) in [5.74, 6) is -0.172. The van der Waals surface area contributed by atoms with Gasteiger partial charge in [-0.1, -0.05) is 22.6 Å². The van der Waals surface area contributed by atoms with Gasteiger partial charge in [0.05, 0.1) is 7.11 Å². The lowest BCUT2D eigenvalue weighted by atomic mass is 10.1. The molecule has 1 aromatic carbocycles. The predicted molar refractivity (Wildman–Crippen MR) is 66.9 cm³/mol. The maximum absolute atomic E-state index is 11.0. The number of methoxy groups -OCH3 is 1. The zero-order valence-electron chi connectivity index (χ0n) is 8.64. The van der Waals surface area contributed by atoms with Gasteiger partial charge in [-0.25, -0.2) is 0 Å². The van der Waals surface area contributed by atoms with Crippen molar-refractivity contribution in [2.45, 2.75) is 15.7 Å². The van der Waals surface area contributed by atoms with Crippen LogP contribution in [0.25, 0.3) is 0 Å². The van der Waals surface area contributed by atoms with Crippen LogP contribution in [0.4, 0.5) is 0 Å². The summed E-state index contributed by atoms with van der Waals surface area (Å²) in [7, 11) is -3.08. The van der Waals surface area contributed by atoms with Gasteiger partial charge in [0.1, 0.15) is 16.4 Å². The van der Waals surface area contributed by atoms with Gasteiger partial charge in [0, 0.05) is 15.6 Å². The van der Waals surface area contributed by atoms with E-state index in [9.17, 15) is 13.5 Å². The Balaban J connectivity index is 3.56. The van der Waals surface area contributed by atoms with Gasteiger partial charge >= 0.3 is 0 Å². The Morgan fingerprint density at radius 2 is 2.00 bits per heavy atom. The van der Waals surface area contributed by atoms with Crippen molar-refractivity contribution in [2.24, 2.45) is 0 Å². The molecule has 0 saturated heterocycles. The molecule has 0 fully saturated rings. The topological polar surface area (TPSA) is 83.8 Å². The van der Waals surface area contributed by atoms with Crippen LogP contribution in [-0.4, -0.2) is 25.2 Å². The van der Waals surface area contributed by atoms with Crippen molar-refractivity contribution in [2.75, 3.05) is 7.11 Å². The van der Waals surface area contributed by atoms with E-state index in [1.165, 1.54) is 13.2 Å². The van der Waals surface area contributed by atoms with Crippen molar-refractivity contribution in [1.29, 1.82) is 0 Å². The summed E-state index contributed by atoms with van der Waals surface area (Å²) >= 11 is 2.02. The Labute approximate surface area is 107 Å². The molecular weight excluding hydrogens is 347 g/mol. The Morgan fingerprint density at radius 3 is 2.38 bits per heavy atom. The third kappa shape index (κ3) is 2.77. The minimum absolute atomic E-state index is 0.117. The van der Waals surface area contributed by atoms with E-state index in [-0.39, 0.29) is 9.67 Å². The Hall–Kier alpha value is -0.540. The number of alkyl halides is 1. The van der Waals surface area contributed by atoms with Crippen molar-refractivity contribution in [3.8, 4) is 11.5 Å². The second-order valence-corrected chi connectivity index (χ2v) is 6.41. The number of aromatic hydroxyl groups is 1. The molecule has 0 aliphatic rings. The van der Waals surface area contributed by atoms with Crippen LogP contribution in [0.2, 0.25) is 0 Å². The molecule has 0 bridgehead atoms. The van der Waals surface area contributed by atoms with Crippen molar-refractivity contribution >= 4 is 32.7 Å². The van der Waals surface area contributed by atoms with Crippen molar-refractivity contribution < 1.29 is 22.8 Å². The smallest absolute Gasteiger partial charge is 0.298 e. The molecule has 0 aliphatic heterocycles. The zero-order valence-corrected chi connectivity index (χ0v) is 11.6. The van der Waals surface area contributed by atoms with E-state index >= 15 is 0 Å². The molecule has 0 aliphatic carbocycles. The minimum atomic E-state index is -4.46. The highest BCUT2D eigenvalue weighted by molar-refractivity contribution is 14.1. The van der Waals surface area contributed by atoms with E-state index in [4.69, 9.17) is 9.29 Å². The Morgan fingerprint density at radius 1 is 1.44 bits per heavy atom. The molecule has 0 spiro atoms. The maximum atomic E-state index is 11.0. The van der Waals surface area contributed by atoms with Gasteiger partial charge in [-0.05, 0) is 13.0 Å². The van der Waals surface area contributed by atoms with Gasteiger partial charge in [-0.3, -0.25) is 4.55 Å². The van der Waals surface area contributed by atoms with E-state index in [1.807, 2.05) is 22.6 Å². The van der Waals surface area contributed by atoms with Crippen LogP contribution in [-0.2, 0) is 10.1 Å². The first-order valence-electron chi connectivity index (χ1n) is 4.29. The van der Waals surface area contributed by atoms with E-state index in [1.54, 1.807) is 6.92 Å². The lowest BCUT2D eigenvalue weighted by Crippen LogP contribution is -2.02. The van der Waals surface area contributed by atoms with Crippen LogP contribution in [0.1, 0.15) is 16.4 Å². The van der Waals surface area contributed by atoms with Gasteiger partial charge < -0.3 is 9.84 Å². The fourth-order valence-electron chi connectivity index (χ4n) is 1.22. The van der Waals surface area contributed by atoms with Crippen LogP contribution in [0, 0.1) is 0 Å². The first kappa shape index (κ1) is 13.5. The van der Waals surface area contributed by atoms with Crippen molar-refractivity contribution in [1.82, 2.24) is 0 Å². The van der Waals surface area contributed by atoms with Crippen molar-refractivity contribution in [3.63, 3.8) is 0 Å². The average molecular weight is 358 g/mol. The summed E-state index contributed by atoms with van der Waals surface area (Å²) in [6, 6.07) is 2.61. The third-order valence-corrected chi connectivity index (χ3v) is 3.56. The zero-order chi connectivity index (χ0) is 12.5. The van der Waals surface area contributed by atoms with Gasteiger partial charge in [0.25, 0.3) is 10.1 Å². The highest BCUT2D eigenvalue weighted by Crippen LogP contribution is 2.38. The number of ether oxygens (including phenoxy) is 1. The number of hydrogen-bond acceptors (Lipinski definition) is 4. The molecule has 5 nitrogen and oxygen atoms in total. The maximum Gasteiger partial charge on any atom is 0.298 e. The summed E-state index contributed by atoms with van der Waals surface area (Å²) in [5, 5.41) is 9.72. The Bertz CT molecular complexity index is 495. The lowest BCUT2D eigenvalue weighted by molar-refractivity contribution is 0.403. The van der Waals surface area contributed by atoms with Crippen molar-refractivity contribution in [3.05, 3.63) is 17.7 Å². The first-order chi connectivity index (χ1) is 7.27. The fourth-order valence-corrected chi connectivity index (χ4v) is 2.32. The molecule has 1 rings (SSSR count). The van der Waals surface area contributed by atoms with E-state index < -0.39 is 20.8 Å².